The van der Waals surface area contributed by atoms with Crippen LogP contribution in [0.4, 0.5) is 22.7 Å². The Kier molecular flexibility index (Phi) is 30.3. The van der Waals surface area contributed by atoms with E-state index in [1.165, 1.54) is 12.8 Å². The molecule has 718 valence electrons. The van der Waals surface area contributed by atoms with Gasteiger partial charge in [-0.1, -0.05) is 168 Å². The normalized spacial score (nSPS) is 18.5. The molecule has 5 fully saturated rings. The maximum atomic E-state index is 12.8. The fourth-order valence-electron chi connectivity index (χ4n) is 18.3. The number of carbonyl (C=O) groups is 5. The van der Waals surface area contributed by atoms with Crippen molar-refractivity contribution >= 4 is 176 Å². The molecule has 6 unspecified atom stereocenters. The molecule has 1 N–H and O–H groups in total. The van der Waals surface area contributed by atoms with Gasteiger partial charge in [-0.15, -0.1) is 0 Å². The van der Waals surface area contributed by atoms with E-state index in [0.717, 1.165) is 153 Å². The molecule has 9 heterocycles. The van der Waals surface area contributed by atoms with Gasteiger partial charge in [0.1, 0.15) is 62.3 Å². The predicted molar refractivity (Wildman–Crippen MR) is 549 cm³/mol. The number of ether oxygens (including phenoxy) is 7. The van der Waals surface area contributed by atoms with E-state index in [1.54, 1.807) is 54.6 Å². The van der Waals surface area contributed by atoms with Crippen molar-refractivity contribution in [2.24, 2.45) is 29.6 Å². The van der Waals surface area contributed by atoms with Crippen molar-refractivity contribution in [2.75, 3.05) is 72.0 Å². The molecule has 21 nitrogen and oxygen atoms in total. The molecule has 1 saturated carbocycles. The van der Waals surface area contributed by atoms with Gasteiger partial charge in [0.2, 0.25) is 10.9 Å². The van der Waals surface area contributed by atoms with E-state index in [4.69, 9.17) is 100.0 Å². The van der Waals surface area contributed by atoms with Crippen LogP contribution in [0.5, 0.6) is 34.5 Å². The Morgan fingerprint density at radius 1 is 0.372 bits per heavy atom. The maximum absolute atomic E-state index is 12.8. The summed E-state index contributed by atoms with van der Waals surface area (Å²) in [7, 11) is 0. The molecular weight excluding hydrogens is 1910 g/mol. The van der Waals surface area contributed by atoms with Gasteiger partial charge in [-0.05, 0) is 224 Å². The number of para-hydroxylation sites is 5. The summed E-state index contributed by atoms with van der Waals surface area (Å²) in [6.07, 6.45) is 7.42. The third-order valence-electron chi connectivity index (χ3n) is 25.2. The zero-order chi connectivity index (χ0) is 98.2. The van der Waals surface area contributed by atoms with Crippen molar-refractivity contribution in [1.82, 2.24) is 0 Å². The largest absolute Gasteiger partial charge is 0.481 e. The van der Waals surface area contributed by atoms with Crippen molar-refractivity contribution in [3.8, 4) is 34.5 Å². The van der Waals surface area contributed by atoms with Gasteiger partial charge in [0, 0.05) is 149 Å². The Morgan fingerprint density at radius 3 is 1.14 bits per heavy atom. The van der Waals surface area contributed by atoms with Gasteiger partial charge in [-0.2, -0.15) is 0 Å². The van der Waals surface area contributed by atoms with Crippen LogP contribution in [0, 0.1) is 29.6 Å². The van der Waals surface area contributed by atoms with E-state index >= 15 is 0 Å². The van der Waals surface area contributed by atoms with Crippen molar-refractivity contribution in [1.29, 1.82) is 0 Å². The summed E-state index contributed by atoms with van der Waals surface area (Å²) >= 11 is 34.6. The first-order valence-corrected chi connectivity index (χ1v) is 49.2. The Balaban J connectivity index is 0.000000127. The minimum absolute atomic E-state index is 0.000000000000000666. The number of halogens is 6. The third-order valence-corrected chi connectivity index (χ3v) is 27.2. The number of benzene rings is 10. The van der Waals surface area contributed by atoms with Crippen LogP contribution >= 0.6 is 73.9 Å². The first-order valence-electron chi connectivity index (χ1n) is 46.5. The second kappa shape index (κ2) is 41.4. The van der Waals surface area contributed by atoms with E-state index < -0.39 is 22.8 Å². The van der Waals surface area contributed by atoms with E-state index in [2.05, 4.69) is 98.4 Å². The van der Waals surface area contributed by atoms with Gasteiger partial charge in [-0.3, -0.25) is 33.6 Å². The highest BCUT2D eigenvalue weighted by molar-refractivity contribution is 9.10. The van der Waals surface area contributed by atoms with Crippen molar-refractivity contribution in [2.45, 2.75) is 183 Å². The Morgan fingerprint density at radius 2 is 0.715 bits per heavy atom. The van der Waals surface area contributed by atoms with E-state index in [9.17, 15) is 38.7 Å². The highest BCUT2D eigenvalue weighted by Gasteiger charge is 2.39. The molecule has 137 heavy (non-hydrogen) atoms. The number of carboxylic acid groups (broad SMARTS) is 1. The molecule has 10 aromatic carbocycles. The number of hydrogen-bond acceptors (Lipinski definition) is 20. The van der Waals surface area contributed by atoms with Crippen molar-refractivity contribution < 1.29 is 71.1 Å². The first-order chi connectivity index (χ1) is 64.9. The second-order valence-electron chi connectivity index (χ2n) is 39.9. The quantitative estimate of drug-likeness (QED) is 0.0802. The average molecular weight is 2020 g/mol. The van der Waals surface area contributed by atoms with Gasteiger partial charge in [-0.25, -0.2) is 0 Å². The van der Waals surface area contributed by atoms with Gasteiger partial charge in [0.25, 0.3) is 0 Å². The number of fused-ring (bicyclic) bond motifs is 10. The molecule has 1 aliphatic carbocycles. The van der Waals surface area contributed by atoms with Crippen LogP contribution in [0.1, 0.15) is 194 Å². The predicted octanol–water partition coefficient (Wildman–Crippen LogP) is 27.6. The van der Waals surface area contributed by atoms with Crippen LogP contribution < -0.4 is 44.7 Å². The van der Waals surface area contributed by atoms with Crippen LogP contribution in [0.25, 0.3) is 49.5 Å². The van der Waals surface area contributed by atoms with Gasteiger partial charge < -0.3 is 66.7 Å². The highest BCUT2D eigenvalue weighted by Crippen LogP contribution is 2.52. The summed E-state index contributed by atoms with van der Waals surface area (Å²) in [6, 6.07) is 57.1. The molecule has 20 rings (SSSR count). The molecule has 4 saturated heterocycles. The third kappa shape index (κ3) is 23.5. The van der Waals surface area contributed by atoms with E-state index in [-0.39, 0.29) is 81.8 Å². The molecule has 0 radical (unpaired) electrons. The highest BCUT2D eigenvalue weighted by atomic mass is 79.9. The number of carboxylic acids is 1. The summed E-state index contributed by atoms with van der Waals surface area (Å²) in [6.45, 7) is 36.9. The second-order valence-corrected chi connectivity index (χ2v) is 42.8. The fourth-order valence-corrected chi connectivity index (χ4v) is 19.7. The summed E-state index contributed by atoms with van der Waals surface area (Å²) in [4.78, 5) is 93.4. The molecule has 8 aliphatic rings. The zero-order valence-corrected chi connectivity index (χ0v) is 84.8. The molecule has 27 heteroatoms. The lowest BCUT2D eigenvalue weighted by atomic mass is 9.89. The zero-order valence-electron chi connectivity index (χ0n) is 79.4. The Labute approximate surface area is 831 Å². The van der Waals surface area contributed by atoms with Crippen LogP contribution in [0.3, 0.4) is 0 Å². The Bertz CT molecular complexity index is 6780. The van der Waals surface area contributed by atoms with Crippen molar-refractivity contribution in [3.63, 3.8) is 0 Å². The number of hydrogen-bond donors (Lipinski definition) is 1. The van der Waals surface area contributed by atoms with Gasteiger partial charge in [0.05, 0.1) is 76.2 Å². The number of nitrogens with zero attached hydrogens (tertiary/aromatic N) is 4. The average Bonchev–Trinajstić information content (AvgIpc) is 1.04. The summed E-state index contributed by atoms with van der Waals surface area (Å²) < 4.78 is 52.7. The van der Waals surface area contributed by atoms with Crippen LogP contribution in [-0.4, -0.2) is 110 Å². The Hall–Kier alpha value is -11.2. The number of rotatable bonds is 9. The number of anilines is 4. The summed E-state index contributed by atoms with van der Waals surface area (Å²) in [5.74, 6) is 3.33. The maximum Gasteiger partial charge on any atom is 0.311 e. The summed E-state index contributed by atoms with van der Waals surface area (Å²) in [5, 5.41) is 13.9. The molecule has 6 atom stereocenters. The number of aliphatic carboxylic acids is 1. The monoisotopic (exact) mass is 2020 g/mol. The lowest BCUT2D eigenvalue weighted by Gasteiger charge is -2.28. The standard InChI is InChI=1S/C23H26ClNO3.C23H24ClNO3.C22H22ClNO4.C19H18ClNO3.C13H6BrClO2.C10H18O2/c2*1-14-17-9-8-16(12-20(17)27-21-18(14)6-5-7-19(21)24)25-11-10-15(13-25)22(26)28-23(2,3)4;1-22(2,3)28-21(26)13-9-10-24(12-13)14-7-8-15-18(11-14)27-20-16(19(15)25)5-4-6-17(20)23;1-11-14-6-5-13(21-8-7-12(10-21)19(22)23)9-17(14)24-18-15(11)3-2-4-16(18)20;14-7-4-5-8-11(6-7)17-13-9(12(8)16)2-1-3-10(13)15;1-10(2,3)12-9(11)8-6-4-5-7-8/h5-9,12,14-15H,10-11,13H2,1-4H3;5-9,12,15H,1,10-11,13H2,2-4H3;4-8,11,13H,9-10,12H2,1-3H3;2-6,9,11-12H,7-8,10H2,1H3,(H,22,23);1-6H;8H,4-7H2,1-3H3. The minimum atomic E-state index is -0.721. The lowest BCUT2D eigenvalue weighted by Crippen LogP contribution is -2.30. The topological polar surface area (TPSA) is 244 Å². The summed E-state index contributed by atoms with van der Waals surface area (Å²) in [5.41, 5.74) is 11.2. The molecule has 7 aliphatic heterocycles. The number of esters is 4. The molecule has 0 spiro atoms. The smallest absolute Gasteiger partial charge is 0.311 e. The minimum Gasteiger partial charge on any atom is -0.481 e. The molecule has 12 aromatic rings. The van der Waals surface area contributed by atoms with Crippen LogP contribution in [0.2, 0.25) is 25.1 Å². The molecule has 0 bridgehead atoms. The number of carbonyl (C=O) groups excluding carboxylic acids is 4. The van der Waals surface area contributed by atoms with Gasteiger partial charge in [0.15, 0.2) is 16.9 Å². The van der Waals surface area contributed by atoms with Crippen LogP contribution in [-0.2, 0) is 42.9 Å². The fraction of sp³-hybridized carbons (Fsp3) is 0.373. The molecule has 0 amide bonds. The van der Waals surface area contributed by atoms with Crippen LogP contribution in [0.15, 0.2) is 211 Å². The SMILES string of the molecule is C=C1c2ccc(N3CCC(C(=O)OC(C)(C)C)C3)cc2Oc2c(Cl)cccc21.CC(C)(C)OC(=O)C1CCCC1.CC(C)(C)OC(=O)C1CCN(c2ccc3c(=O)c4cccc(Cl)c4oc3c2)C1.CC1c2ccc(N3CCC(C(=O)O)C3)cc2Oc2c(Cl)cccc21.CC1c2ccc(N3CCC(C(=O)OC(C)(C)C)C3)cc2Oc2c(Cl)cccc21.O=c1c2ccc(Br)cc2oc2c(Cl)cccc12. The van der Waals surface area contributed by atoms with E-state index in [1.807, 2.05) is 168 Å². The molecular formula is C110H114BrCl5N4O17. The van der Waals surface area contributed by atoms with Gasteiger partial charge >= 0.3 is 29.8 Å². The lowest BCUT2D eigenvalue weighted by molar-refractivity contribution is -0.160. The molecule has 2 aromatic heterocycles. The first kappa shape index (κ1) is 100. The van der Waals surface area contributed by atoms with Crippen molar-refractivity contribution in [3.05, 3.63) is 272 Å². The van der Waals surface area contributed by atoms with E-state index in [0.29, 0.717) is 107 Å².